The Balaban J connectivity index is 0. The SMILES string of the molecule is Clc1cc[c-]nc1.[Br-].[Zn+2]. The van der Waals surface area contributed by atoms with E-state index in [0.29, 0.717) is 5.02 Å². The summed E-state index contributed by atoms with van der Waals surface area (Å²) in [6, 6.07) is 3.40. The normalized spacial score (nSPS) is 6.78. The van der Waals surface area contributed by atoms with Crippen molar-refractivity contribution < 1.29 is 36.5 Å². The van der Waals surface area contributed by atoms with Gasteiger partial charge < -0.3 is 22.0 Å². The van der Waals surface area contributed by atoms with Gasteiger partial charge in [0.05, 0.1) is 0 Å². The molecule has 1 aromatic heterocycles. The van der Waals surface area contributed by atoms with Gasteiger partial charge in [0.1, 0.15) is 0 Å². The van der Waals surface area contributed by atoms with Gasteiger partial charge in [-0.2, -0.15) is 6.07 Å². The summed E-state index contributed by atoms with van der Waals surface area (Å²) in [4.78, 5) is 3.63. The number of halogens is 2. The summed E-state index contributed by atoms with van der Waals surface area (Å²) in [6.45, 7) is 0. The average molecular weight is 258 g/mol. The number of nitrogens with zero attached hydrogens (tertiary/aromatic N) is 1. The van der Waals surface area contributed by atoms with E-state index >= 15 is 0 Å². The largest absolute Gasteiger partial charge is 2.00 e. The molecular formula is C5H3BrClNZn. The molecule has 0 aliphatic heterocycles. The molecule has 0 amide bonds. The third-order valence-electron chi connectivity index (χ3n) is 0.580. The fraction of sp³-hybridized carbons (Fsp3) is 0. The molecule has 0 spiro atoms. The van der Waals surface area contributed by atoms with E-state index in [1.807, 2.05) is 0 Å². The molecule has 4 heteroatoms. The number of pyridine rings is 1. The van der Waals surface area contributed by atoms with Crippen LogP contribution in [-0.2, 0) is 19.5 Å². The summed E-state index contributed by atoms with van der Waals surface area (Å²) in [7, 11) is 0. The van der Waals surface area contributed by atoms with E-state index in [0.717, 1.165) is 0 Å². The molecule has 0 unspecified atom stereocenters. The van der Waals surface area contributed by atoms with Crippen molar-refractivity contribution in [3.63, 3.8) is 0 Å². The molecule has 0 bridgehead atoms. The predicted octanol–water partition coefficient (Wildman–Crippen LogP) is -1.46. The minimum Gasteiger partial charge on any atom is -1.00 e. The molecule has 0 aliphatic rings. The van der Waals surface area contributed by atoms with Gasteiger partial charge >= 0.3 is 19.5 Å². The Morgan fingerprint density at radius 2 is 2.22 bits per heavy atom. The summed E-state index contributed by atoms with van der Waals surface area (Å²) >= 11 is 5.46. The van der Waals surface area contributed by atoms with Gasteiger partial charge in [-0.1, -0.05) is 17.4 Å². The zero-order chi connectivity index (χ0) is 5.11. The monoisotopic (exact) mass is 255 g/mol. The van der Waals surface area contributed by atoms with Crippen LogP contribution in [0.2, 0.25) is 5.02 Å². The van der Waals surface area contributed by atoms with E-state index in [-0.39, 0.29) is 36.5 Å². The molecule has 1 heterocycles. The van der Waals surface area contributed by atoms with Gasteiger partial charge in [0, 0.05) is 0 Å². The Kier molecular flexibility index (Phi) is 9.06. The van der Waals surface area contributed by atoms with Gasteiger partial charge in [-0.15, -0.1) is 17.7 Å². The van der Waals surface area contributed by atoms with Gasteiger partial charge in [0.2, 0.25) is 0 Å². The molecular weight excluding hydrogens is 255 g/mol. The van der Waals surface area contributed by atoms with Crippen LogP contribution in [0.3, 0.4) is 0 Å². The molecule has 1 rings (SSSR count). The Morgan fingerprint density at radius 1 is 1.56 bits per heavy atom. The van der Waals surface area contributed by atoms with Crippen molar-refractivity contribution in [1.82, 2.24) is 4.98 Å². The Bertz CT molecular complexity index is 147. The van der Waals surface area contributed by atoms with Crippen molar-refractivity contribution >= 4 is 11.6 Å². The van der Waals surface area contributed by atoms with E-state index < -0.39 is 0 Å². The molecule has 0 fully saturated rings. The van der Waals surface area contributed by atoms with Crippen LogP contribution < -0.4 is 17.0 Å². The zero-order valence-corrected chi connectivity index (χ0v) is 9.95. The molecule has 0 radical (unpaired) electrons. The molecule has 44 valence electrons. The molecule has 0 aromatic carbocycles. The van der Waals surface area contributed by atoms with Gasteiger partial charge in [0.15, 0.2) is 0 Å². The summed E-state index contributed by atoms with van der Waals surface area (Å²) in [6.07, 6.45) is 4.14. The van der Waals surface area contributed by atoms with E-state index in [1.165, 1.54) is 0 Å². The maximum Gasteiger partial charge on any atom is 2.00 e. The summed E-state index contributed by atoms with van der Waals surface area (Å²) in [5.74, 6) is 0. The first-order chi connectivity index (χ1) is 3.39. The van der Waals surface area contributed by atoms with Crippen LogP contribution in [0.1, 0.15) is 0 Å². The molecule has 0 saturated carbocycles. The number of rotatable bonds is 0. The van der Waals surface area contributed by atoms with E-state index in [4.69, 9.17) is 11.6 Å². The van der Waals surface area contributed by atoms with E-state index in [1.54, 1.807) is 18.3 Å². The number of aromatic nitrogens is 1. The molecule has 0 atom stereocenters. The first kappa shape index (κ1) is 12.2. The topological polar surface area (TPSA) is 12.9 Å². The molecule has 1 aromatic rings. The van der Waals surface area contributed by atoms with Crippen molar-refractivity contribution in [2.24, 2.45) is 0 Å². The third-order valence-corrected chi connectivity index (χ3v) is 0.803. The predicted molar refractivity (Wildman–Crippen MR) is 28.1 cm³/mol. The minimum atomic E-state index is 0. The zero-order valence-electron chi connectivity index (χ0n) is 4.64. The summed E-state index contributed by atoms with van der Waals surface area (Å²) < 4.78 is 0. The van der Waals surface area contributed by atoms with Crippen LogP contribution in [0.15, 0.2) is 18.3 Å². The van der Waals surface area contributed by atoms with E-state index in [2.05, 4.69) is 11.2 Å². The van der Waals surface area contributed by atoms with Crippen molar-refractivity contribution in [3.8, 4) is 0 Å². The van der Waals surface area contributed by atoms with Gasteiger partial charge in [-0.05, 0) is 0 Å². The minimum absolute atomic E-state index is 0. The van der Waals surface area contributed by atoms with Gasteiger partial charge in [-0.3, -0.25) is 0 Å². The Labute approximate surface area is 82.4 Å². The first-order valence-corrected chi connectivity index (χ1v) is 2.25. The van der Waals surface area contributed by atoms with Crippen molar-refractivity contribution in [3.05, 3.63) is 29.5 Å². The standard InChI is InChI=1S/C5H3ClN.BrH.Zn/c6-5-2-1-3-7-4-5;;/h1-2,4H;1H;/q-1;;+2/p-1. The molecule has 9 heavy (non-hydrogen) atoms. The van der Waals surface area contributed by atoms with E-state index in [9.17, 15) is 0 Å². The first-order valence-electron chi connectivity index (χ1n) is 1.87. The van der Waals surface area contributed by atoms with Gasteiger partial charge in [-0.25, -0.2) is 0 Å². The average Bonchev–Trinajstić information content (AvgIpc) is 1.69. The summed E-state index contributed by atoms with van der Waals surface area (Å²) in [5.41, 5.74) is 0. The molecule has 0 aliphatic carbocycles. The van der Waals surface area contributed by atoms with Gasteiger partial charge in [0.25, 0.3) is 0 Å². The van der Waals surface area contributed by atoms with Crippen LogP contribution in [0.4, 0.5) is 0 Å². The van der Waals surface area contributed by atoms with Crippen molar-refractivity contribution in [1.29, 1.82) is 0 Å². The Morgan fingerprint density at radius 3 is 2.44 bits per heavy atom. The molecule has 1 nitrogen and oxygen atoms in total. The quantitative estimate of drug-likeness (QED) is 0.409. The maximum atomic E-state index is 5.46. The second-order valence-electron chi connectivity index (χ2n) is 1.11. The second-order valence-corrected chi connectivity index (χ2v) is 1.54. The summed E-state index contributed by atoms with van der Waals surface area (Å²) in [5, 5.41) is 0.652. The Hall–Kier alpha value is 0.543. The third kappa shape index (κ3) is 5.01. The van der Waals surface area contributed by atoms with Crippen LogP contribution in [-0.4, -0.2) is 4.98 Å². The fourth-order valence-corrected chi connectivity index (χ4v) is 0.414. The second kappa shape index (κ2) is 6.66. The molecule has 0 N–H and O–H groups in total. The van der Waals surface area contributed by atoms with Crippen molar-refractivity contribution in [2.45, 2.75) is 0 Å². The van der Waals surface area contributed by atoms with Crippen LogP contribution in [0.25, 0.3) is 0 Å². The number of hydrogen-bond donors (Lipinski definition) is 0. The molecule has 0 saturated heterocycles. The van der Waals surface area contributed by atoms with Crippen LogP contribution in [0, 0.1) is 6.20 Å². The fourth-order valence-electron chi connectivity index (χ4n) is 0.302. The number of hydrogen-bond acceptors (Lipinski definition) is 1. The maximum absolute atomic E-state index is 5.46. The van der Waals surface area contributed by atoms with Crippen molar-refractivity contribution in [2.75, 3.05) is 0 Å². The van der Waals surface area contributed by atoms with Crippen LogP contribution in [0.5, 0.6) is 0 Å². The van der Waals surface area contributed by atoms with Crippen LogP contribution >= 0.6 is 11.6 Å². The smallest absolute Gasteiger partial charge is 1.00 e.